The largest absolute Gasteiger partial charge is 0.497 e. The first-order chi connectivity index (χ1) is 11.3. The van der Waals surface area contributed by atoms with Gasteiger partial charge in [0.15, 0.2) is 5.82 Å². The number of methoxy groups -OCH3 is 1. The van der Waals surface area contributed by atoms with Crippen LogP contribution in [0.15, 0.2) is 60.7 Å². The molecule has 3 aromatic rings. The predicted molar refractivity (Wildman–Crippen MR) is 93.1 cm³/mol. The van der Waals surface area contributed by atoms with E-state index >= 15 is 0 Å². The van der Waals surface area contributed by atoms with Crippen molar-refractivity contribution in [3.05, 3.63) is 66.2 Å². The number of ether oxygens (including phenoxy) is 1. The van der Waals surface area contributed by atoms with Crippen molar-refractivity contribution in [3.63, 3.8) is 0 Å². The van der Waals surface area contributed by atoms with Gasteiger partial charge in [-0.25, -0.2) is 0 Å². The van der Waals surface area contributed by atoms with Gasteiger partial charge in [0.1, 0.15) is 5.75 Å². The van der Waals surface area contributed by atoms with Gasteiger partial charge in [-0.15, -0.1) is 10.2 Å². The number of hydrogen-bond donors (Lipinski definition) is 1. The summed E-state index contributed by atoms with van der Waals surface area (Å²) in [4.78, 5) is 0. The summed E-state index contributed by atoms with van der Waals surface area (Å²) in [6.07, 6.45) is 0.883. The number of hydrogen-bond acceptors (Lipinski definition) is 4. The molecule has 2 aromatic carbocycles. The van der Waals surface area contributed by atoms with Gasteiger partial charge in [-0.05, 0) is 42.3 Å². The van der Waals surface area contributed by atoms with E-state index in [9.17, 15) is 0 Å². The monoisotopic (exact) mass is 305 g/mol. The average Bonchev–Trinajstić information content (AvgIpc) is 2.63. The highest BCUT2D eigenvalue weighted by Crippen LogP contribution is 2.24. The Morgan fingerprint density at radius 1 is 0.957 bits per heavy atom. The molecule has 0 saturated heterocycles. The fraction of sp³-hybridized carbons (Fsp3) is 0.158. The molecule has 0 aliphatic rings. The molecule has 0 aliphatic heterocycles. The van der Waals surface area contributed by atoms with E-state index in [0.717, 1.165) is 40.5 Å². The van der Waals surface area contributed by atoms with Crippen LogP contribution < -0.4 is 10.1 Å². The molecule has 0 bridgehead atoms. The Morgan fingerprint density at radius 2 is 1.70 bits per heavy atom. The summed E-state index contributed by atoms with van der Waals surface area (Å²) in [6.45, 7) is 2.12. The van der Waals surface area contributed by atoms with Gasteiger partial charge in [0.05, 0.1) is 12.8 Å². The van der Waals surface area contributed by atoms with Crippen LogP contribution in [0.2, 0.25) is 0 Å². The zero-order valence-electron chi connectivity index (χ0n) is 13.3. The number of aromatic nitrogens is 2. The number of rotatable bonds is 5. The lowest BCUT2D eigenvalue weighted by Gasteiger charge is -2.11. The SMILES string of the molecule is CCc1cc(-c2ccccc2)nnc1Nc1ccc(OC)cc1. The summed E-state index contributed by atoms with van der Waals surface area (Å²) < 4.78 is 5.17. The molecule has 0 spiro atoms. The van der Waals surface area contributed by atoms with Gasteiger partial charge in [-0.2, -0.15) is 0 Å². The third-order valence-electron chi connectivity index (χ3n) is 3.68. The smallest absolute Gasteiger partial charge is 0.156 e. The minimum absolute atomic E-state index is 0.789. The average molecular weight is 305 g/mol. The molecule has 4 heteroatoms. The number of nitrogens with one attached hydrogen (secondary N) is 1. The van der Waals surface area contributed by atoms with Crippen LogP contribution in [0, 0.1) is 0 Å². The molecule has 0 radical (unpaired) electrons. The first kappa shape index (κ1) is 15.0. The van der Waals surface area contributed by atoms with Crippen LogP contribution in [-0.4, -0.2) is 17.3 Å². The Morgan fingerprint density at radius 3 is 2.35 bits per heavy atom. The van der Waals surface area contributed by atoms with E-state index < -0.39 is 0 Å². The van der Waals surface area contributed by atoms with Gasteiger partial charge in [-0.1, -0.05) is 37.3 Å². The lowest BCUT2D eigenvalue weighted by Crippen LogP contribution is -2.01. The minimum Gasteiger partial charge on any atom is -0.497 e. The first-order valence-corrected chi connectivity index (χ1v) is 7.63. The molecule has 4 nitrogen and oxygen atoms in total. The van der Waals surface area contributed by atoms with Crippen molar-refractivity contribution in [1.82, 2.24) is 10.2 Å². The van der Waals surface area contributed by atoms with Gasteiger partial charge in [-0.3, -0.25) is 0 Å². The van der Waals surface area contributed by atoms with Gasteiger partial charge in [0, 0.05) is 11.3 Å². The van der Waals surface area contributed by atoms with Crippen LogP contribution in [0.5, 0.6) is 5.75 Å². The summed E-state index contributed by atoms with van der Waals surface area (Å²) >= 11 is 0. The van der Waals surface area contributed by atoms with Gasteiger partial charge >= 0.3 is 0 Å². The molecular weight excluding hydrogens is 286 g/mol. The summed E-state index contributed by atoms with van der Waals surface area (Å²) in [6, 6.07) is 19.9. The molecule has 0 fully saturated rings. The van der Waals surface area contributed by atoms with Gasteiger partial charge in [0.25, 0.3) is 0 Å². The lowest BCUT2D eigenvalue weighted by atomic mass is 10.1. The Hall–Kier alpha value is -2.88. The summed E-state index contributed by atoms with van der Waals surface area (Å²) in [7, 11) is 1.66. The second-order valence-corrected chi connectivity index (χ2v) is 5.18. The molecule has 116 valence electrons. The summed E-state index contributed by atoms with van der Waals surface area (Å²) in [5, 5.41) is 12.0. The highest BCUT2D eigenvalue weighted by atomic mass is 16.5. The van der Waals surface area contributed by atoms with E-state index in [0.29, 0.717) is 0 Å². The number of benzene rings is 2. The van der Waals surface area contributed by atoms with Gasteiger partial charge in [0.2, 0.25) is 0 Å². The van der Waals surface area contributed by atoms with Crippen molar-refractivity contribution < 1.29 is 4.74 Å². The quantitative estimate of drug-likeness (QED) is 0.756. The van der Waals surface area contributed by atoms with Crippen molar-refractivity contribution >= 4 is 11.5 Å². The Balaban J connectivity index is 1.87. The third-order valence-corrected chi connectivity index (χ3v) is 3.68. The highest BCUT2D eigenvalue weighted by Gasteiger charge is 2.08. The van der Waals surface area contributed by atoms with Crippen LogP contribution in [0.1, 0.15) is 12.5 Å². The van der Waals surface area contributed by atoms with E-state index in [1.807, 2.05) is 54.6 Å². The molecule has 0 atom stereocenters. The normalized spacial score (nSPS) is 10.3. The van der Waals surface area contributed by atoms with Crippen LogP contribution in [0.3, 0.4) is 0 Å². The Kier molecular flexibility index (Phi) is 4.52. The van der Waals surface area contributed by atoms with Crippen LogP contribution >= 0.6 is 0 Å². The Labute approximate surface area is 136 Å². The summed E-state index contributed by atoms with van der Waals surface area (Å²) in [5.74, 6) is 1.62. The molecule has 0 unspecified atom stereocenters. The molecule has 0 amide bonds. The molecule has 1 heterocycles. The second kappa shape index (κ2) is 6.92. The zero-order valence-corrected chi connectivity index (χ0v) is 13.3. The van der Waals surface area contributed by atoms with Crippen LogP contribution in [0.4, 0.5) is 11.5 Å². The molecule has 1 N–H and O–H groups in total. The zero-order chi connectivity index (χ0) is 16.1. The van der Waals surface area contributed by atoms with E-state index in [4.69, 9.17) is 4.74 Å². The highest BCUT2D eigenvalue weighted by molar-refractivity contribution is 5.65. The van der Waals surface area contributed by atoms with Crippen molar-refractivity contribution in [2.24, 2.45) is 0 Å². The molecular formula is C19H19N3O. The molecule has 3 rings (SSSR count). The first-order valence-electron chi connectivity index (χ1n) is 7.63. The fourth-order valence-electron chi connectivity index (χ4n) is 2.37. The molecule has 1 aromatic heterocycles. The van der Waals surface area contributed by atoms with Crippen molar-refractivity contribution in [2.45, 2.75) is 13.3 Å². The lowest BCUT2D eigenvalue weighted by molar-refractivity contribution is 0.415. The van der Waals surface area contributed by atoms with Crippen LogP contribution in [0.25, 0.3) is 11.3 Å². The number of nitrogens with zero attached hydrogens (tertiary/aromatic N) is 2. The number of aryl methyl sites for hydroxylation is 1. The molecule has 0 saturated carbocycles. The topological polar surface area (TPSA) is 47.0 Å². The fourth-order valence-corrected chi connectivity index (χ4v) is 2.37. The van der Waals surface area contributed by atoms with Crippen LogP contribution in [-0.2, 0) is 6.42 Å². The maximum absolute atomic E-state index is 5.17. The van der Waals surface area contributed by atoms with E-state index in [1.165, 1.54) is 0 Å². The maximum atomic E-state index is 5.17. The van der Waals surface area contributed by atoms with Gasteiger partial charge < -0.3 is 10.1 Å². The maximum Gasteiger partial charge on any atom is 0.156 e. The summed E-state index contributed by atoms with van der Waals surface area (Å²) in [5.41, 5.74) is 4.06. The number of anilines is 2. The van der Waals surface area contributed by atoms with Crippen molar-refractivity contribution in [3.8, 4) is 17.0 Å². The van der Waals surface area contributed by atoms with Crippen molar-refractivity contribution in [1.29, 1.82) is 0 Å². The molecule has 23 heavy (non-hydrogen) atoms. The van der Waals surface area contributed by atoms with E-state index in [-0.39, 0.29) is 0 Å². The second-order valence-electron chi connectivity index (χ2n) is 5.18. The Bertz CT molecular complexity index is 770. The standard InChI is InChI=1S/C19H19N3O/c1-3-14-13-18(15-7-5-4-6-8-15)21-22-19(14)20-16-9-11-17(23-2)12-10-16/h4-13H,3H2,1-2H3,(H,20,22). The third kappa shape index (κ3) is 3.48. The molecule has 0 aliphatic carbocycles. The minimum atomic E-state index is 0.789. The van der Waals surface area contributed by atoms with Crippen molar-refractivity contribution in [2.75, 3.05) is 12.4 Å². The predicted octanol–water partition coefficient (Wildman–Crippen LogP) is 4.46. The van der Waals surface area contributed by atoms with E-state index in [2.05, 4.69) is 28.5 Å². The van der Waals surface area contributed by atoms with E-state index in [1.54, 1.807) is 7.11 Å².